The van der Waals surface area contributed by atoms with Gasteiger partial charge in [0.25, 0.3) is 0 Å². The van der Waals surface area contributed by atoms with Crippen LogP contribution < -0.4 is 0 Å². The molecule has 0 fully saturated rings. The first-order chi connectivity index (χ1) is 11.0. The number of unbranched alkanes of at least 4 members (excludes halogenated alkanes) is 2. The van der Waals surface area contributed by atoms with Crippen molar-refractivity contribution in [3.8, 4) is 0 Å². The normalized spacial score (nSPS) is 15.5. The molecule has 0 aromatic carbocycles. The monoisotopic (exact) mass is 526 g/mol. The van der Waals surface area contributed by atoms with E-state index >= 15 is 0 Å². The molecular weight excluding hydrogens is 501 g/mol. The van der Waals surface area contributed by atoms with Crippen molar-refractivity contribution in [3.63, 3.8) is 0 Å². The third-order valence-electron chi connectivity index (χ3n) is 3.59. The molecule has 2 atom stereocenters. The number of halogens is 6. The van der Waals surface area contributed by atoms with Crippen LogP contribution in [0.25, 0.3) is 0 Å². The molecule has 0 spiro atoms. The Morgan fingerprint density at radius 2 is 0.958 bits per heavy atom. The van der Waals surface area contributed by atoms with Crippen LogP contribution >= 0.6 is 88.1 Å². The largest absolute Gasteiger partial charge is 0.341 e. The zero-order chi connectivity index (χ0) is 18.6. The minimum Gasteiger partial charge on any atom is -0.126 e. The number of hydrogen-bond donors (Lipinski definition) is 0. The van der Waals surface area contributed by atoms with Crippen molar-refractivity contribution in [2.75, 3.05) is 11.5 Å². The standard InChI is InChI=1S/C14H28Cl6S2Si2/c1-13(11-23(15,16)17)7-3-5-9-21-22-10-6-4-8-14(2)12-24(18,19)20/h13-14H,3-12H2,1-2H3. The van der Waals surface area contributed by atoms with Gasteiger partial charge < -0.3 is 0 Å². The van der Waals surface area contributed by atoms with Crippen LogP contribution in [-0.2, 0) is 0 Å². The van der Waals surface area contributed by atoms with Crippen molar-refractivity contribution in [1.82, 2.24) is 0 Å². The van der Waals surface area contributed by atoms with Gasteiger partial charge in [-0.05, 0) is 36.8 Å². The van der Waals surface area contributed by atoms with Gasteiger partial charge in [-0.1, -0.05) is 61.1 Å². The highest BCUT2D eigenvalue weighted by Crippen LogP contribution is 2.33. The zero-order valence-electron chi connectivity index (χ0n) is 14.3. The maximum Gasteiger partial charge on any atom is 0.341 e. The van der Waals surface area contributed by atoms with Crippen LogP contribution in [0.15, 0.2) is 0 Å². The fraction of sp³-hybridized carbons (Fsp3) is 1.00. The van der Waals surface area contributed by atoms with Crippen LogP contribution in [0.4, 0.5) is 0 Å². The first-order valence-corrected chi connectivity index (χ1v) is 21.3. The van der Waals surface area contributed by atoms with E-state index in [-0.39, 0.29) is 0 Å². The number of rotatable bonds is 15. The minimum absolute atomic E-state index is 0.527. The van der Waals surface area contributed by atoms with E-state index in [4.69, 9.17) is 66.5 Å². The molecule has 24 heavy (non-hydrogen) atoms. The van der Waals surface area contributed by atoms with Crippen LogP contribution in [0.5, 0.6) is 0 Å². The summed E-state index contributed by atoms with van der Waals surface area (Å²) < 4.78 is 0. The lowest BCUT2D eigenvalue weighted by Gasteiger charge is -2.15. The fourth-order valence-electron chi connectivity index (χ4n) is 2.42. The summed E-state index contributed by atoms with van der Waals surface area (Å²) in [7, 11) is 3.96. The highest BCUT2D eigenvalue weighted by atomic mass is 35.8. The van der Waals surface area contributed by atoms with Gasteiger partial charge in [0.15, 0.2) is 0 Å². The van der Waals surface area contributed by atoms with Gasteiger partial charge >= 0.3 is 12.0 Å². The zero-order valence-corrected chi connectivity index (χ0v) is 22.5. The molecule has 2 unspecified atom stereocenters. The second-order valence-corrected chi connectivity index (χ2v) is 27.6. The Morgan fingerprint density at radius 1 is 0.625 bits per heavy atom. The molecule has 0 nitrogen and oxygen atoms in total. The van der Waals surface area contributed by atoms with E-state index < -0.39 is 12.0 Å². The SMILES string of the molecule is CC(CCCCSSCCCCC(C)C[Si](Cl)(Cl)Cl)C[Si](Cl)(Cl)Cl. The summed E-state index contributed by atoms with van der Waals surface area (Å²) >= 11 is 35.7. The summed E-state index contributed by atoms with van der Waals surface area (Å²) in [6, 6.07) is -3.34. The van der Waals surface area contributed by atoms with Crippen molar-refractivity contribution < 1.29 is 0 Å². The maximum absolute atomic E-state index is 5.95. The molecular formula is C14H28Cl6S2Si2. The average Bonchev–Trinajstić information content (AvgIpc) is 2.36. The van der Waals surface area contributed by atoms with E-state index in [0.29, 0.717) is 11.8 Å². The third kappa shape index (κ3) is 21.2. The first-order valence-electron chi connectivity index (χ1n) is 8.37. The summed E-state index contributed by atoms with van der Waals surface area (Å²) in [5.41, 5.74) is 0. The Balaban J connectivity index is 3.34. The molecule has 0 aliphatic carbocycles. The van der Waals surface area contributed by atoms with E-state index in [1.54, 1.807) is 0 Å². The molecule has 0 saturated heterocycles. The molecule has 0 amide bonds. The number of hydrogen-bond acceptors (Lipinski definition) is 2. The fourth-order valence-corrected chi connectivity index (χ4v) is 11.4. The molecule has 0 aliphatic heterocycles. The molecule has 0 aromatic heterocycles. The molecule has 0 radical (unpaired) electrons. The lowest BCUT2D eigenvalue weighted by atomic mass is 10.1. The summed E-state index contributed by atoms with van der Waals surface area (Å²) in [5.74, 6) is 3.47. The molecule has 0 rings (SSSR count). The van der Waals surface area contributed by atoms with Gasteiger partial charge in [-0.25, -0.2) is 0 Å². The first kappa shape index (κ1) is 26.9. The average molecular weight is 529 g/mol. The van der Waals surface area contributed by atoms with Gasteiger partial charge in [0.1, 0.15) is 0 Å². The van der Waals surface area contributed by atoms with Crippen LogP contribution in [0.2, 0.25) is 12.1 Å². The van der Waals surface area contributed by atoms with E-state index in [0.717, 1.165) is 24.9 Å². The summed E-state index contributed by atoms with van der Waals surface area (Å²) in [6.45, 7) is 4.37. The van der Waals surface area contributed by atoms with Gasteiger partial charge in [-0.3, -0.25) is 0 Å². The second kappa shape index (κ2) is 14.8. The highest BCUT2D eigenvalue weighted by molar-refractivity contribution is 8.76. The lowest BCUT2D eigenvalue weighted by Crippen LogP contribution is -2.14. The van der Waals surface area contributed by atoms with E-state index in [9.17, 15) is 0 Å². The molecule has 0 bridgehead atoms. The summed E-state index contributed by atoms with van der Waals surface area (Å²) in [6.07, 6.45) is 7.26. The van der Waals surface area contributed by atoms with Gasteiger partial charge in [0.2, 0.25) is 0 Å². The van der Waals surface area contributed by atoms with E-state index in [2.05, 4.69) is 13.8 Å². The predicted molar refractivity (Wildman–Crippen MR) is 127 cm³/mol. The van der Waals surface area contributed by atoms with Crippen molar-refractivity contribution >= 4 is 100 Å². The Morgan fingerprint density at radius 3 is 1.25 bits per heavy atom. The van der Waals surface area contributed by atoms with E-state index in [1.807, 2.05) is 21.6 Å². The maximum atomic E-state index is 5.95. The van der Waals surface area contributed by atoms with Crippen molar-refractivity contribution in [3.05, 3.63) is 0 Å². The van der Waals surface area contributed by atoms with Gasteiger partial charge in [-0.2, -0.15) is 0 Å². The minimum atomic E-state index is -2.45. The highest BCUT2D eigenvalue weighted by Gasteiger charge is 2.27. The van der Waals surface area contributed by atoms with Crippen molar-refractivity contribution in [2.45, 2.75) is 64.5 Å². The molecule has 0 aliphatic rings. The van der Waals surface area contributed by atoms with Crippen molar-refractivity contribution in [1.29, 1.82) is 0 Å². The van der Waals surface area contributed by atoms with Gasteiger partial charge in [-0.15, -0.1) is 66.5 Å². The Kier molecular flexibility index (Phi) is 16.6. The van der Waals surface area contributed by atoms with E-state index in [1.165, 1.54) is 37.2 Å². The van der Waals surface area contributed by atoms with Crippen LogP contribution in [0, 0.1) is 11.8 Å². The smallest absolute Gasteiger partial charge is 0.126 e. The second-order valence-electron chi connectivity index (χ2n) is 6.48. The Hall–Kier alpha value is 2.87. The summed E-state index contributed by atoms with van der Waals surface area (Å²) in [4.78, 5) is 0. The Bertz CT molecular complexity index is 283. The predicted octanol–water partition coefficient (Wildman–Crippen LogP) is 9.29. The van der Waals surface area contributed by atoms with Crippen LogP contribution in [0.1, 0.15) is 52.4 Å². The van der Waals surface area contributed by atoms with Gasteiger partial charge in [0.05, 0.1) is 0 Å². The molecule has 0 saturated carbocycles. The lowest BCUT2D eigenvalue weighted by molar-refractivity contribution is 0.549. The molecule has 10 heteroatoms. The van der Waals surface area contributed by atoms with Gasteiger partial charge in [0, 0.05) is 11.5 Å². The van der Waals surface area contributed by atoms with Crippen LogP contribution in [0.3, 0.4) is 0 Å². The molecule has 0 heterocycles. The summed E-state index contributed by atoms with van der Waals surface area (Å²) in [5, 5.41) is 0. The van der Waals surface area contributed by atoms with Crippen molar-refractivity contribution in [2.24, 2.45) is 11.8 Å². The quantitative estimate of drug-likeness (QED) is 0.0898. The third-order valence-corrected chi connectivity index (χ3v) is 11.3. The molecule has 0 N–H and O–H groups in total. The Labute approximate surface area is 186 Å². The van der Waals surface area contributed by atoms with Crippen LogP contribution in [-0.4, -0.2) is 23.5 Å². The molecule has 0 aromatic rings. The molecule has 146 valence electrons. The topological polar surface area (TPSA) is 0 Å².